The van der Waals surface area contributed by atoms with Gasteiger partial charge >= 0.3 is 5.97 Å². The van der Waals surface area contributed by atoms with Crippen LogP contribution in [-0.2, 0) is 19.6 Å². The van der Waals surface area contributed by atoms with E-state index in [9.17, 15) is 18.0 Å². The second kappa shape index (κ2) is 10.0. The number of thioether (sulfide) groups is 1. The zero-order valence-corrected chi connectivity index (χ0v) is 14.2. The second-order valence-corrected chi connectivity index (χ2v) is 7.60. The Hall–Kier alpha value is -0.800. The lowest BCUT2D eigenvalue weighted by atomic mass is 10.1. The van der Waals surface area contributed by atoms with Crippen LogP contribution in [0.3, 0.4) is 0 Å². The van der Waals surface area contributed by atoms with E-state index in [0.29, 0.717) is 18.6 Å². The van der Waals surface area contributed by atoms with Crippen molar-refractivity contribution in [3.63, 3.8) is 0 Å². The fraction of sp³-hybridized carbons (Fsp3) is 0.833. The molecule has 0 aliphatic heterocycles. The molecule has 0 aromatic rings. The summed E-state index contributed by atoms with van der Waals surface area (Å²) in [4.78, 5) is 22.9. The molecule has 0 aliphatic carbocycles. The van der Waals surface area contributed by atoms with E-state index in [1.54, 1.807) is 6.92 Å². The first-order valence-corrected chi connectivity index (χ1v) is 9.81. The Morgan fingerprint density at radius 1 is 1.29 bits per heavy atom. The molecule has 0 aromatic carbocycles. The van der Waals surface area contributed by atoms with Crippen molar-refractivity contribution < 1.29 is 23.1 Å². The number of sulfonamides is 1. The van der Waals surface area contributed by atoms with E-state index < -0.39 is 34.0 Å². The van der Waals surface area contributed by atoms with Crippen molar-refractivity contribution in [2.75, 3.05) is 17.8 Å². The van der Waals surface area contributed by atoms with Gasteiger partial charge in [-0.15, -0.1) is 0 Å². The number of carbonyl (C=O) groups excluding carboxylic acids is 1. The van der Waals surface area contributed by atoms with Gasteiger partial charge in [-0.25, -0.2) is 13.1 Å². The Balaban J connectivity index is 4.81. The maximum Gasteiger partial charge on any atom is 0.305 e. The number of carbonyl (C=O) groups is 2. The lowest BCUT2D eigenvalue weighted by Gasteiger charge is -2.21. The largest absolute Gasteiger partial charge is 0.481 e. The van der Waals surface area contributed by atoms with Gasteiger partial charge in [-0.05, 0) is 31.8 Å². The van der Waals surface area contributed by atoms with E-state index in [-0.39, 0.29) is 12.2 Å². The molecule has 0 radical (unpaired) electrons. The lowest BCUT2D eigenvalue weighted by molar-refractivity contribution is -0.137. The summed E-state index contributed by atoms with van der Waals surface area (Å²) in [6, 6.07) is -1.37. The molecule has 0 heterocycles. The highest BCUT2D eigenvalue weighted by Gasteiger charge is 2.25. The average Bonchev–Trinajstić information content (AvgIpc) is 2.41. The number of carboxylic acid groups (broad SMARTS) is 1. The molecule has 3 N–H and O–H groups in total. The molecular formula is C12H24N2O5S2. The Labute approximate surface area is 130 Å². The van der Waals surface area contributed by atoms with Crippen LogP contribution >= 0.6 is 11.8 Å². The molecule has 0 bridgehead atoms. The van der Waals surface area contributed by atoms with E-state index >= 15 is 0 Å². The van der Waals surface area contributed by atoms with Crippen LogP contribution in [0, 0.1) is 0 Å². The van der Waals surface area contributed by atoms with Gasteiger partial charge in [0.1, 0.15) is 6.04 Å². The minimum atomic E-state index is -3.50. The molecular weight excluding hydrogens is 316 g/mol. The maximum atomic E-state index is 12.2. The zero-order valence-electron chi connectivity index (χ0n) is 12.6. The molecule has 0 saturated heterocycles. The first-order valence-electron chi connectivity index (χ1n) is 6.76. The minimum Gasteiger partial charge on any atom is -0.481 e. The minimum absolute atomic E-state index is 0.109. The predicted molar refractivity (Wildman–Crippen MR) is 83.9 cm³/mol. The fourth-order valence-electron chi connectivity index (χ4n) is 1.59. The van der Waals surface area contributed by atoms with Crippen molar-refractivity contribution in [1.29, 1.82) is 0 Å². The fourth-order valence-corrected chi connectivity index (χ4v) is 2.89. The van der Waals surface area contributed by atoms with Gasteiger partial charge in [-0.1, -0.05) is 6.92 Å². The summed E-state index contributed by atoms with van der Waals surface area (Å²) in [6.07, 6.45) is 2.50. The van der Waals surface area contributed by atoms with Crippen LogP contribution in [0.15, 0.2) is 0 Å². The van der Waals surface area contributed by atoms with Crippen LogP contribution in [-0.4, -0.2) is 55.2 Å². The molecule has 0 spiro atoms. The third-order valence-electron chi connectivity index (χ3n) is 2.89. The summed E-state index contributed by atoms with van der Waals surface area (Å²) in [5.74, 6) is -0.964. The molecule has 7 nitrogen and oxygen atoms in total. The molecule has 0 aliphatic rings. The van der Waals surface area contributed by atoms with Gasteiger partial charge in [0.05, 0.1) is 12.2 Å². The summed E-state index contributed by atoms with van der Waals surface area (Å²) < 4.78 is 25.6. The van der Waals surface area contributed by atoms with E-state index in [1.165, 1.54) is 18.7 Å². The van der Waals surface area contributed by atoms with Gasteiger partial charge in [0, 0.05) is 6.04 Å². The van der Waals surface area contributed by atoms with Crippen LogP contribution in [0.2, 0.25) is 0 Å². The Kier molecular flexibility index (Phi) is 9.63. The molecule has 0 aromatic heterocycles. The number of hydrogen-bond acceptors (Lipinski definition) is 5. The predicted octanol–water partition coefficient (Wildman–Crippen LogP) is 0.417. The molecule has 0 fully saturated rings. The van der Waals surface area contributed by atoms with E-state index in [0.717, 1.165) is 0 Å². The van der Waals surface area contributed by atoms with Crippen LogP contribution < -0.4 is 10.0 Å². The number of nitrogens with one attached hydrogen (secondary N) is 2. The topological polar surface area (TPSA) is 113 Å². The Bertz CT molecular complexity index is 439. The number of amides is 1. The Morgan fingerprint density at radius 2 is 1.90 bits per heavy atom. The molecule has 9 heteroatoms. The quantitative estimate of drug-likeness (QED) is 0.502. The van der Waals surface area contributed by atoms with Gasteiger partial charge in [-0.3, -0.25) is 9.59 Å². The van der Waals surface area contributed by atoms with E-state index in [1.807, 2.05) is 6.26 Å². The normalized spacial score (nSPS) is 14.4. The monoisotopic (exact) mass is 340 g/mol. The first-order chi connectivity index (χ1) is 9.75. The summed E-state index contributed by atoms with van der Waals surface area (Å²) in [7, 11) is -3.50. The van der Waals surface area contributed by atoms with Crippen LogP contribution in [0.25, 0.3) is 0 Å². The zero-order chi connectivity index (χ0) is 16.5. The molecule has 1 amide bonds. The van der Waals surface area contributed by atoms with Crippen LogP contribution in [0.4, 0.5) is 0 Å². The Morgan fingerprint density at radius 3 is 2.33 bits per heavy atom. The number of hydrogen-bond donors (Lipinski definition) is 3. The summed E-state index contributed by atoms with van der Waals surface area (Å²) in [6.45, 7) is 3.26. The highest BCUT2D eigenvalue weighted by molar-refractivity contribution is 7.98. The summed E-state index contributed by atoms with van der Waals surface area (Å²) in [5.41, 5.74) is 0. The molecule has 21 heavy (non-hydrogen) atoms. The smallest absolute Gasteiger partial charge is 0.305 e. The number of aliphatic carboxylic acids is 1. The maximum absolute atomic E-state index is 12.2. The number of rotatable bonds is 11. The van der Waals surface area contributed by atoms with Crippen molar-refractivity contribution in [3.05, 3.63) is 0 Å². The van der Waals surface area contributed by atoms with Crippen molar-refractivity contribution in [3.8, 4) is 0 Å². The van der Waals surface area contributed by atoms with Crippen LogP contribution in [0.5, 0.6) is 0 Å². The number of carboxylic acids is 1. The molecule has 0 saturated carbocycles. The van der Waals surface area contributed by atoms with Crippen molar-refractivity contribution in [2.45, 2.75) is 45.2 Å². The first kappa shape index (κ1) is 20.2. The van der Waals surface area contributed by atoms with Gasteiger partial charge in [0.2, 0.25) is 15.9 Å². The SMILES string of the molecule is CCC(CC(=O)O)NC(=O)C(CCSC)NS(=O)(=O)CC. The van der Waals surface area contributed by atoms with Gasteiger partial charge in [-0.2, -0.15) is 11.8 Å². The molecule has 124 valence electrons. The van der Waals surface area contributed by atoms with Gasteiger partial charge < -0.3 is 10.4 Å². The highest BCUT2D eigenvalue weighted by atomic mass is 32.2. The third-order valence-corrected chi connectivity index (χ3v) is 4.94. The molecule has 2 unspecified atom stereocenters. The molecule has 2 atom stereocenters. The van der Waals surface area contributed by atoms with Crippen molar-refractivity contribution >= 4 is 33.7 Å². The van der Waals surface area contributed by atoms with Gasteiger partial charge in [0.15, 0.2) is 0 Å². The van der Waals surface area contributed by atoms with Gasteiger partial charge in [0.25, 0.3) is 0 Å². The van der Waals surface area contributed by atoms with Crippen LogP contribution in [0.1, 0.15) is 33.1 Å². The van der Waals surface area contributed by atoms with E-state index in [2.05, 4.69) is 10.0 Å². The average molecular weight is 340 g/mol. The second-order valence-electron chi connectivity index (χ2n) is 4.57. The lowest BCUT2D eigenvalue weighted by Crippen LogP contribution is -2.50. The standard InChI is InChI=1S/C12H24N2O5S2/c1-4-9(8-11(15)16)13-12(17)10(6-7-20-3)14-21(18,19)5-2/h9-10,14H,4-8H2,1-3H3,(H,13,17)(H,15,16). The van der Waals surface area contributed by atoms with E-state index in [4.69, 9.17) is 5.11 Å². The molecule has 0 rings (SSSR count). The summed E-state index contributed by atoms with van der Waals surface area (Å²) in [5, 5.41) is 11.4. The third kappa shape index (κ3) is 8.94. The van der Waals surface area contributed by atoms with Crippen molar-refractivity contribution in [1.82, 2.24) is 10.0 Å². The van der Waals surface area contributed by atoms with Crippen molar-refractivity contribution in [2.24, 2.45) is 0 Å². The summed E-state index contributed by atoms with van der Waals surface area (Å²) >= 11 is 1.51. The highest BCUT2D eigenvalue weighted by Crippen LogP contribution is 2.05.